The maximum Gasteiger partial charge on any atom is 0.410 e. The summed E-state index contributed by atoms with van der Waals surface area (Å²) >= 11 is 0. The first-order valence-corrected chi connectivity index (χ1v) is 13.3. The number of nitrogens with one attached hydrogen (secondary N) is 3. The van der Waals surface area contributed by atoms with E-state index in [1.165, 1.54) is 24.5 Å². The molecule has 10 nitrogen and oxygen atoms in total. The predicted octanol–water partition coefficient (Wildman–Crippen LogP) is 6.44. The lowest BCUT2D eigenvalue weighted by molar-refractivity contribution is -0.174. The number of anilines is 3. The van der Waals surface area contributed by atoms with Crippen LogP contribution < -0.4 is 25.4 Å². The monoisotopic (exact) mass is 583 g/mol. The summed E-state index contributed by atoms with van der Waals surface area (Å²) in [5.74, 6) is -0.311. The highest BCUT2D eigenvalue weighted by atomic mass is 19.4. The molecule has 0 radical (unpaired) electrons. The highest BCUT2D eigenvalue weighted by molar-refractivity contribution is 6.07. The van der Waals surface area contributed by atoms with Crippen molar-refractivity contribution in [3.63, 3.8) is 0 Å². The fraction of sp³-hybridized carbons (Fsp3) is 0.276. The van der Waals surface area contributed by atoms with Gasteiger partial charge >= 0.3 is 6.18 Å². The highest BCUT2D eigenvalue weighted by Gasteiger charge is 2.47. The number of rotatable bonds is 9. The summed E-state index contributed by atoms with van der Waals surface area (Å²) in [6.45, 7) is 3.98. The molecule has 2 amide bonds. The van der Waals surface area contributed by atoms with E-state index in [1.807, 2.05) is 0 Å². The molecule has 220 valence electrons. The molecule has 1 aliphatic rings. The fourth-order valence-electron chi connectivity index (χ4n) is 4.64. The van der Waals surface area contributed by atoms with Crippen molar-refractivity contribution in [1.29, 1.82) is 0 Å². The number of hydrogen-bond donors (Lipinski definition) is 3. The van der Waals surface area contributed by atoms with E-state index >= 15 is 0 Å². The van der Waals surface area contributed by atoms with E-state index in [4.69, 9.17) is 13.9 Å². The second-order valence-corrected chi connectivity index (χ2v) is 9.35. The van der Waals surface area contributed by atoms with E-state index in [2.05, 4.69) is 21.0 Å². The number of aromatic nitrogens is 2. The summed E-state index contributed by atoms with van der Waals surface area (Å²) in [6.07, 6.45) is -3.60. The van der Waals surface area contributed by atoms with Gasteiger partial charge in [-0.2, -0.15) is 18.3 Å². The second-order valence-electron chi connectivity index (χ2n) is 9.35. The van der Waals surface area contributed by atoms with Crippen molar-refractivity contribution in [2.75, 3.05) is 29.2 Å². The van der Waals surface area contributed by atoms with Gasteiger partial charge in [-0.25, -0.2) is 4.68 Å². The van der Waals surface area contributed by atoms with Crippen molar-refractivity contribution >= 4 is 29.0 Å². The lowest BCUT2D eigenvalue weighted by Crippen LogP contribution is -2.35. The van der Waals surface area contributed by atoms with Crippen molar-refractivity contribution in [3.05, 3.63) is 83.9 Å². The number of amides is 2. The molecule has 1 aliphatic heterocycles. The number of nitrogens with zero attached hydrogens (tertiary/aromatic N) is 2. The van der Waals surface area contributed by atoms with Crippen LogP contribution in [0.25, 0.3) is 0 Å². The van der Waals surface area contributed by atoms with Crippen LogP contribution in [0.3, 0.4) is 0 Å². The Balaban J connectivity index is 1.43. The topological polar surface area (TPSA) is 120 Å². The lowest BCUT2D eigenvalue weighted by Gasteiger charge is -2.32. The van der Waals surface area contributed by atoms with Gasteiger partial charge in [-0.15, -0.1) is 0 Å². The first kappa shape index (κ1) is 28.6. The van der Waals surface area contributed by atoms with Gasteiger partial charge in [0.05, 0.1) is 36.9 Å². The van der Waals surface area contributed by atoms with Gasteiger partial charge in [-0.3, -0.25) is 9.59 Å². The molecule has 5 rings (SSSR count). The summed E-state index contributed by atoms with van der Waals surface area (Å²) in [4.78, 5) is 26.1. The average molecular weight is 584 g/mol. The van der Waals surface area contributed by atoms with Gasteiger partial charge in [-0.05, 0) is 38.1 Å². The molecule has 2 unspecified atom stereocenters. The minimum Gasteiger partial charge on any atom is -0.492 e. The summed E-state index contributed by atoms with van der Waals surface area (Å²) in [7, 11) is 0. The molecule has 0 saturated carbocycles. The van der Waals surface area contributed by atoms with Crippen LogP contribution in [-0.2, 0) is 0 Å². The van der Waals surface area contributed by atoms with Gasteiger partial charge in [0.1, 0.15) is 23.1 Å². The predicted molar refractivity (Wildman–Crippen MR) is 148 cm³/mol. The molecule has 0 bridgehead atoms. The van der Waals surface area contributed by atoms with Gasteiger partial charge in [-0.1, -0.05) is 18.2 Å². The van der Waals surface area contributed by atoms with Gasteiger partial charge in [0, 0.05) is 30.2 Å². The van der Waals surface area contributed by atoms with Crippen molar-refractivity contribution in [2.45, 2.75) is 38.5 Å². The van der Waals surface area contributed by atoms with E-state index in [0.29, 0.717) is 17.0 Å². The Morgan fingerprint density at radius 3 is 2.19 bits per heavy atom. The normalized spacial score (nSPS) is 16.2. The minimum absolute atomic E-state index is 0.0223. The quantitative estimate of drug-likeness (QED) is 0.208. The number of furan rings is 1. The van der Waals surface area contributed by atoms with Crippen LogP contribution in [0.1, 0.15) is 59.0 Å². The van der Waals surface area contributed by atoms with Crippen molar-refractivity contribution in [2.24, 2.45) is 0 Å². The molecule has 3 N–H and O–H groups in total. The second kappa shape index (κ2) is 11.9. The van der Waals surface area contributed by atoms with Crippen molar-refractivity contribution in [3.8, 4) is 11.5 Å². The first-order valence-electron chi connectivity index (χ1n) is 13.3. The molecule has 0 spiro atoms. The molecule has 2 aromatic carbocycles. The van der Waals surface area contributed by atoms with Gasteiger partial charge in [0.25, 0.3) is 11.8 Å². The van der Waals surface area contributed by atoms with Gasteiger partial charge < -0.3 is 29.8 Å². The SMILES string of the molecule is CCOc1cc(NC(=O)c2cc3n(n2)C(C(F)(F)F)CC(c2ccco2)N3)c(OCC)cc1NC(=O)c1ccccc1. The summed E-state index contributed by atoms with van der Waals surface area (Å²) in [6, 6.07) is 13.3. The maximum atomic E-state index is 14.0. The van der Waals surface area contributed by atoms with E-state index < -0.39 is 24.2 Å². The summed E-state index contributed by atoms with van der Waals surface area (Å²) < 4.78 is 59.5. The van der Waals surface area contributed by atoms with E-state index in [-0.39, 0.29) is 54.2 Å². The zero-order valence-electron chi connectivity index (χ0n) is 22.7. The molecule has 2 atom stereocenters. The molecule has 13 heteroatoms. The zero-order chi connectivity index (χ0) is 29.9. The van der Waals surface area contributed by atoms with Crippen LogP contribution in [0.5, 0.6) is 11.5 Å². The highest BCUT2D eigenvalue weighted by Crippen LogP contribution is 2.44. The van der Waals surface area contributed by atoms with Crippen LogP contribution in [-0.4, -0.2) is 41.0 Å². The largest absolute Gasteiger partial charge is 0.492 e. The Bertz CT molecular complexity index is 1550. The molecule has 42 heavy (non-hydrogen) atoms. The Morgan fingerprint density at radius 1 is 0.976 bits per heavy atom. The molecule has 0 saturated heterocycles. The maximum absolute atomic E-state index is 14.0. The molecular formula is C29H28F3N5O5. The fourth-order valence-corrected chi connectivity index (χ4v) is 4.64. The number of carbonyl (C=O) groups excluding carboxylic acids is 2. The Hall–Kier alpha value is -4.94. The van der Waals surface area contributed by atoms with Crippen LogP contribution in [0.15, 0.2) is 71.3 Å². The van der Waals surface area contributed by atoms with Crippen LogP contribution >= 0.6 is 0 Å². The van der Waals surface area contributed by atoms with Crippen LogP contribution in [0.2, 0.25) is 0 Å². The Kier molecular flexibility index (Phi) is 8.09. The average Bonchev–Trinajstić information content (AvgIpc) is 3.65. The molecular weight excluding hydrogens is 555 g/mol. The Morgan fingerprint density at radius 2 is 1.62 bits per heavy atom. The molecule has 2 aromatic heterocycles. The van der Waals surface area contributed by atoms with E-state index in [0.717, 1.165) is 4.68 Å². The molecule has 3 heterocycles. The Labute approximate surface area is 238 Å². The van der Waals surface area contributed by atoms with Crippen molar-refractivity contribution < 1.29 is 36.7 Å². The zero-order valence-corrected chi connectivity index (χ0v) is 22.7. The smallest absolute Gasteiger partial charge is 0.410 e. The molecule has 0 aliphatic carbocycles. The molecule has 0 fully saturated rings. The van der Waals surface area contributed by atoms with Crippen molar-refractivity contribution in [1.82, 2.24) is 9.78 Å². The summed E-state index contributed by atoms with van der Waals surface area (Å²) in [5, 5.41) is 12.4. The third-order valence-corrected chi connectivity index (χ3v) is 6.52. The minimum atomic E-state index is -4.62. The number of alkyl halides is 3. The standard InChI is InChI=1S/C29H28F3N5O5/c1-3-40-23-14-19(24(41-4-2)13-18(23)34-27(38)17-9-6-5-7-10-17)35-28(39)21-16-26-33-20(22-11-8-12-42-22)15-25(29(30,31)32)37(26)36-21/h5-14,16,20,25,33H,3-4,15H2,1-2H3,(H,34,38)(H,35,39). The first-order chi connectivity index (χ1) is 20.2. The number of benzene rings is 2. The van der Waals surface area contributed by atoms with E-state index in [1.54, 1.807) is 56.3 Å². The number of carbonyl (C=O) groups is 2. The number of fused-ring (bicyclic) bond motifs is 1. The molecule has 4 aromatic rings. The van der Waals surface area contributed by atoms with Crippen LogP contribution in [0.4, 0.5) is 30.4 Å². The third-order valence-electron chi connectivity index (χ3n) is 6.52. The van der Waals surface area contributed by atoms with Gasteiger partial charge in [0.2, 0.25) is 0 Å². The van der Waals surface area contributed by atoms with E-state index in [9.17, 15) is 22.8 Å². The number of ether oxygens (including phenoxy) is 2. The third kappa shape index (κ3) is 6.04. The number of hydrogen-bond acceptors (Lipinski definition) is 7. The van der Waals surface area contributed by atoms with Gasteiger partial charge in [0.15, 0.2) is 11.7 Å². The van der Waals surface area contributed by atoms with Crippen LogP contribution in [0, 0.1) is 0 Å². The lowest BCUT2D eigenvalue weighted by atomic mass is 10.0. The summed E-state index contributed by atoms with van der Waals surface area (Å²) in [5.41, 5.74) is 0.682. The number of halogens is 3.